The van der Waals surface area contributed by atoms with Crippen LogP contribution >= 0.6 is 0 Å². The predicted octanol–water partition coefficient (Wildman–Crippen LogP) is 2.11. The summed E-state index contributed by atoms with van der Waals surface area (Å²) in [5.41, 5.74) is 2.25. The van der Waals surface area contributed by atoms with Crippen LogP contribution in [0.5, 0.6) is 0 Å². The van der Waals surface area contributed by atoms with E-state index in [-0.39, 0.29) is 0 Å². The Morgan fingerprint density at radius 3 is 2.00 bits per heavy atom. The maximum absolute atomic E-state index is 3.61. The van der Waals surface area contributed by atoms with Crippen molar-refractivity contribution in [1.29, 1.82) is 0 Å². The van der Waals surface area contributed by atoms with Crippen LogP contribution in [0, 0.1) is 13.8 Å². The summed E-state index contributed by atoms with van der Waals surface area (Å²) in [6.07, 6.45) is 1.74. The van der Waals surface area contributed by atoms with Crippen LogP contribution in [0.2, 0.25) is 0 Å². The first-order valence-corrected chi connectivity index (χ1v) is 4.14. The molecule has 0 atom stereocenters. The van der Waals surface area contributed by atoms with Gasteiger partial charge in [-0.2, -0.15) is 0 Å². The number of hydrogen-bond donors (Lipinski definition) is 1. The lowest BCUT2D eigenvalue weighted by Gasteiger charge is -1.82. The smallest absolute Gasteiger partial charge is 0.0793 e. The number of aromatic nitrogens is 3. The molecule has 0 unspecified atom stereocenters. The molecule has 0 aliphatic rings. The first-order chi connectivity index (χ1) is 6.29. The number of nitrogens with zero attached hydrogens (tertiary/aromatic N) is 2. The molecule has 68 valence electrons. The van der Waals surface area contributed by atoms with E-state index in [9.17, 15) is 0 Å². The number of benzene rings is 1. The molecule has 1 aromatic heterocycles. The fourth-order valence-electron chi connectivity index (χ4n) is 0.793. The zero-order valence-electron chi connectivity index (χ0n) is 7.86. The fourth-order valence-corrected chi connectivity index (χ4v) is 0.793. The molecule has 1 N–H and O–H groups in total. The molecule has 0 aliphatic carbocycles. The lowest BCUT2D eigenvalue weighted by Crippen LogP contribution is -1.66. The molecule has 1 heterocycles. The van der Waals surface area contributed by atoms with E-state index in [1.807, 2.05) is 25.1 Å². The zero-order chi connectivity index (χ0) is 9.52. The highest BCUT2D eigenvalue weighted by atomic mass is 15.3. The van der Waals surface area contributed by atoms with Crippen LogP contribution in [0.4, 0.5) is 0 Å². The number of H-pyrrole nitrogens is 1. The summed E-state index contributed by atoms with van der Waals surface area (Å²) >= 11 is 0. The predicted molar refractivity (Wildman–Crippen MR) is 52.3 cm³/mol. The van der Waals surface area contributed by atoms with Crippen molar-refractivity contribution in [2.24, 2.45) is 0 Å². The van der Waals surface area contributed by atoms with Gasteiger partial charge in [-0.05, 0) is 13.8 Å². The largest absolute Gasteiger partial charge is 0.265 e. The molecule has 2 aromatic rings. The normalized spacial score (nSPS) is 8.77. The van der Waals surface area contributed by atoms with E-state index in [0.29, 0.717) is 0 Å². The lowest BCUT2D eigenvalue weighted by atomic mass is 10.2. The fraction of sp³-hybridized carbons (Fsp3) is 0.200. The van der Waals surface area contributed by atoms with Crippen molar-refractivity contribution < 1.29 is 0 Å². The zero-order valence-corrected chi connectivity index (χ0v) is 7.86. The van der Waals surface area contributed by atoms with Crippen LogP contribution in [-0.2, 0) is 0 Å². The van der Waals surface area contributed by atoms with Crippen molar-refractivity contribution in [3.8, 4) is 0 Å². The molecular formula is C10H13N3. The van der Waals surface area contributed by atoms with Gasteiger partial charge in [-0.1, -0.05) is 41.1 Å². The Labute approximate surface area is 77.8 Å². The highest BCUT2D eigenvalue weighted by Gasteiger charge is 1.76. The van der Waals surface area contributed by atoms with Crippen LogP contribution in [0.3, 0.4) is 0 Å². The molecule has 0 radical (unpaired) electrons. The summed E-state index contributed by atoms with van der Waals surface area (Å²) in [6.45, 7) is 3.96. The molecule has 3 heteroatoms. The SMILES string of the molecule is Cc1c[nH]nn1.Cc1ccccc1. The monoisotopic (exact) mass is 175 g/mol. The molecule has 13 heavy (non-hydrogen) atoms. The minimum Gasteiger partial charge on any atom is -0.265 e. The Hall–Kier alpha value is -1.64. The Balaban J connectivity index is 0.000000132. The van der Waals surface area contributed by atoms with Crippen molar-refractivity contribution in [3.05, 3.63) is 47.8 Å². The van der Waals surface area contributed by atoms with E-state index in [4.69, 9.17) is 0 Å². The molecular weight excluding hydrogens is 162 g/mol. The quantitative estimate of drug-likeness (QED) is 0.666. The van der Waals surface area contributed by atoms with Gasteiger partial charge in [0.1, 0.15) is 0 Å². The molecule has 0 spiro atoms. The van der Waals surface area contributed by atoms with E-state index in [1.54, 1.807) is 6.20 Å². The maximum Gasteiger partial charge on any atom is 0.0793 e. The standard InChI is InChI=1S/C7H8.C3H5N3/c1-7-5-3-2-4-6-7;1-3-2-4-6-5-3/h2-6H,1H3;2H,1H3,(H,4,5,6). The summed E-state index contributed by atoms with van der Waals surface area (Å²) < 4.78 is 0. The van der Waals surface area contributed by atoms with Gasteiger partial charge in [-0.25, -0.2) is 0 Å². The number of rotatable bonds is 0. The van der Waals surface area contributed by atoms with E-state index >= 15 is 0 Å². The highest BCUT2D eigenvalue weighted by Crippen LogP contribution is 1.92. The van der Waals surface area contributed by atoms with Crippen LogP contribution in [0.1, 0.15) is 11.3 Å². The van der Waals surface area contributed by atoms with Gasteiger partial charge in [0.25, 0.3) is 0 Å². The van der Waals surface area contributed by atoms with Crippen molar-refractivity contribution in [1.82, 2.24) is 15.4 Å². The summed E-state index contributed by atoms with van der Waals surface area (Å²) in [5, 5.41) is 9.63. The van der Waals surface area contributed by atoms with E-state index in [1.165, 1.54) is 5.56 Å². The molecule has 0 fully saturated rings. The summed E-state index contributed by atoms with van der Waals surface area (Å²) in [4.78, 5) is 0. The first-order valence-electron chi connectivity index (χ1n) is 4.14. The second-order valence-corrected chi connectivity index (χ2v) is 2.77. The van der Waals surface area contributed by atoms with Crippen LogP contribution < -0.4 is 0 Å². The summed E-state index contributed by atoms with van der Waals surface area (Å²) in [6, 6.07) is 10.3. The number of nitrogens with one attached hydrogen (secondary N) is 1. The van der Waals surface area contributed by atoms with Gasteiger partial charge in [0.15, 0.2) is 0 Å². The third-order valence-corrected chi connectivity index (χ3v) is 1.48. The molecule has 2 rings (SSSR count). The Kier molecular flexibility index (Phi) is 3.70. The van der Waals surface area contributed by atoms with Gasteiger partial charge < -0.3 is 0 Å². The van der Waals surface area contributed by atoms with E-state index in [2.05, 4.69) is 34.5 Å². The van der Waals surface area contributed by atoms with Crippen molar-refractivity contribution in [2.45, 2.75) is 13.8 Å². The lowest BCUT2D eigenvalue weighted by molar-refractivity contribution is 0.928. The Morgan fingerprint density at radius 2 is 1.77 bits per heavy atom. The second-order valence-electron chi connectivity index (χ2n) is 2.77. The summed E-state index contributed by atoms with van der Waals surface area (Å²) in [5.74, 6) is 0. The highest BCUT2D eigenvalue weighted by molar-refractivity contribution is 5.11. The minimum absolute atomic E-state index is 0.926. The average Bonchev–Trinajstić information content (AvgIpc) is 2.58. The third-order valence-electron chi connectivity index (χ3n) is 1.48. The van der Waals surface area contributed by atoms with Crippen molar-refractivity contribution >= 4 is 0 Å². The second kappa shape index (κ2) is 5.09. The molecule has 0 saturated heterocycles. The number of aryl methyl sites for hydroxylation is 2. The summed E-state index contributed by atoms with van der Waals surface area (Å²) in [7, 11) is 0. The first kappa shape index (κ1) is 9.45. The van der Waals surface area contributed by atoms with Gasteiger partial charge >= 0.3 is 0 Å². The number of hydrogen-bond acceptors (Lipinski definition) is 2. The Bertz CT molecular complexity index is 313. The van der Waals surface area contributed by atoms with Gasteiger partial charge in [-0.15, -0.1) is 5.10 Å². The van der Waals surface area contributed by atoms with Crippen molar-refractivity contribution in [3.63, 3.8) is 0 Å². The Morgan fingerprint density at radius 1 is 1.08 bits per heavy atom. The number of aromatic amines is 1. The van der Waals surface area contributed by atoms with Crippen LogP contribution in [-0.4, -0.2) is 15.4 Å². The average molecular weight is 175 g/mol. The van der Waals surface area contributed by atoms with Crippen molar-refractivity contribution in [2.75, 3.05) is 0 Å². The topological polar surface area (TPSA) is 41.6 Å². The van der Waals surface area contributed by atoms with E-state index < -0.39 is 0 Å². The van der Waals surface area contributed by atoms with Gasteiger partial charge in [-0.3, -0.25) is 5.10 Å². The molecule has 0 saturated carbocycles. The van der Waals surface area contributed by atoms with Gasteiger partial charge in [0.05, 0.1) is 5.69 Å². The van der Waals surface area contributed by atoms with Crippen LogP contribution in [0.25, 0.3) is 0 Å². The minimum atomic E-state index is 0.926. The molecule has 1 aromatic carbocycles. The molecule has 0 amide bonds. The van der Waals surface area contributed by atoms with E-state index in [0.717, 1.165) is 5.69 Å². The van der Waals surface area contributed by atoms with Crippen LogP contribution in [0.15, 0.2) is 36.5 Å². The third kappa shape index (κ3) is 4.06. The van der Waals surface area contributed by atoms with Gasteiger partial charge in [0, 0.05) is 6.20 Å². The molecule has 3 nitrogen and oxygen atoms in total. The van der Waals surface area contributed by atoms with Gasteiger partial charge in [0.2, 0.25) is 0 Å². The maximum atomic E-state index is 3.61. The molecule has 0 bridgehead atoms. The molecule has 0 aliphatic heterocycles.